The van der Waals surface area contributed by atoms with Crippen molar-refractivity contribution >= 4 is 34.9 Å². The first-order valence-corrected chi connectivity index (χ1v) is 8.68. The summed E-state index contributed by atoms with van der Waals surface area (Å²) in [6.07, 6.45) is 4.96. The largest absolute Gasteiger partial charge is 0.348 e. The van der Waals surface area contributed by atoms with Crippen molar-refractivity contribution in [2.24, 2.45) is 0 Å². The second kappa shape index (κ2) is 7.90. The maximum Gasteiger partial charge on any atom is 0.244 e. The van der Waals surface area contributed by atoms with Gasteiger partial charge in [-0.15, -0.1) is 11.3 Å². The van der Waals surface area contributed by atoms with Gasteiger partial charge >= 0.3 is 0 Å². The summed E-state index contributed by atoms with van der Waals surface area (Å²) in [7, 11) is 0. The van der Waals surface area contributed by atoms with Crippen molar-refractivity contribution in [3.8, 4) is 10.6 Å². The Morgan fingerprint density at radius 1 is 1.17 bits per heavy atom. The van der Waals surface area contributed by atoms with E-state index in [9.17, 15) is 4.79 Å². The number of benzene rings is 1. The highest BCUT2D eigenvalue weighted by Gasteiger charge is 2.07. The first-order chi connectivity index (χ1) is 11.7. The molecule has 0 radical (unpaired) electrons. The van der Waals surface area contributed by atoms with Crippen molar-refractivity contribution in [1.82, 2.24) is 10.3 Å². The molecule has 1 N–H and O–H groups in total. The molecule has 1 amide bonds. The van der Waals surface area contributed by atoms with Crippen LogP contribution in [0.4, 0.5) is 0 Å². The third kappa shape index (κ3) is 4.10. The highest BCUT2D eigenvalue weighted by Crippen LogP contribution is 2.25. The number of nitrogens with one attached hydrogen (secondary N) is 1. The van der Waals surface area contributed by atoms with Crippen LogP contribution in [0.3, 0.4) is 0 Å². The molecular weight excluding hydrogens is 340 g/mol. The van der Waals surface area contributed by atoms with E-state index in [2.05, 4.69) is 10.3 Å². The van der Waals surface area contributed by atoms with Gasteiger partial charge in [-0.1, -0.05) is 41.9 Å². The monoisotopic (exact) mass is 354 g/mol. The van der Waals surface area contributed by atoms with Crippen LogP contribution in [0.2, 0.25) is 5.02 Å². The Morgan fingerprint density at radius 3 is 2.83 bits per heavy atom. The molecule has 0 saturated carbocycles. The molecule has 2 aromatic heterocycles. The normalized spacial score (nSPS) is 10.9. The number of hydrogen-bond acceptors (Lipinski definition) is 3. The third-order valence-corrected chi connectivity index (χ3v) is 4.64. The van der Waals surface area contributed by atoms with Crippen molar-refractivity contribution in [2.75, 3.05) is 0 Å². The van der Waals surface area contributed by atoms with Gasteiger partial charge in [0.15, 0.2) is 0 Å². The maximum atomic E-state index is 12.0. The van der Waals surface area contributed by atoms with Gasteiger partial charge in [0.1, 0.15) is 0 Å². The van der Waals surface area contributed by atoms with E-state index in [0.717, 1.165) is 21.7 Å². The lowest BCUT2D eigenvalue weighted by molar-refractivity contribution is -0.116. The Morgan fingerprint density at radius 2 is 2.04 bits per heavy atom. The summed E-state index contributed by atoms with van der Waals surface area (Å²) in [5.41, 5.74) is 2.71. The standard InChI is InChI=1S/C19H15ClN2OS/c20-16-7-2-1-5-14(16)9-10-18(23)22-13-15-6-3-11-21-19(15)17-8-4-12-24-17/h1-12H,13H2,(H,22,23). The summed E-state index contributed by atoms with van der Waals surface area (Å²) in [4.78, 5) is 17.6. The number of hydrogen-bond donors (Lipinski definition) is 1. The Labute approximate surface area is 149 Å². The molecule has 3 rings (SSSR count). The zero-order valence-corrected chi connectivity index (χ0v) is 14.3. The molecule has 0 aliphatic rings. The first-order valence-electron chi connectivity index (χ1n) is 7.42. The summed E-state index contributed by atoms with van der Waals surface area (Å²) in [5.74, 6) is -0.170. The van der Waals surface area contributed by atoms with E-state index >= 15 is 0 Å². The van der Waals surface area contributed by atoms with Gasteiger partial charge in [-0.2, -0.15) is 0 Å². The van der Waals surface area contributed by atoms with Gasteiger partial charge in [0, 0.05) is 23.8 Å². The van der Waals surface area contributed by atoms with E-state index < -0.39 is 0 Å². The maximum absolute atomic E-state index is 12.0. The van der Waals surface area contributed by atoms with Crippen molar-refractivity contribution in [3.05, 3.63) is 82.3 Å². The molecule has 0 aliphatic carbocycles. The minimum Gasteiger partial charge on any atom is -0.348 e. The van der Waals surface area contributed by atoms with Crippen LogP contribution in [-0.4, -0.2) is 10.9 Å². The number of carbonyl (C=O) groups is 1. The van der Waals surface area contributed by atoms with Crippen LogP contribution in [0, 0.1) is 0 Å². The van der Waals surface area contributed by atoms with Gasteiger partial charge in [0.25, 0.3) is 0 Å². The predicted octanol–water partition coefficient (Wildman–Crippen LogP) is 4.79. The lowest BCUT2D eigenvalue weighted by atomic mass is 10.1. The topological polar surface area (TPSA) is 42.0 Å². The van der Waals surface area contributed by atoms with Gasteiger partial charge in [-0.05, 0) is 40.8 Å². The molecule has 0 unspecified atom stereocenters. The molecule has 5 heteroatoms. The van der Waals surface area contributed by atoms with Gasteiger partial charge in [-0.3, -0.25) is 9.78 Å². The number of thiophene rings is 1. The lowest BCUT2D eigenvalue weighted by Crippen LogP contribution is -2.20. The van der Waals surface area contributed by atoms with Crippen LogP contribution < -0.4 is 5.32 Å². The van der Waals surface area contributed by atoms with Crippen molar-refractivity contribution in [2.45, 2.75) is 6.54 Å². The second-order valence-electron chi connectivity index (χ2n) is 5.06. The molecule has 3 nitrogen and oxygen atoms in total. The number of aromatic nitrogens is 1. The molecule has 0 fully saturated rings. The van der Waals surface area contributed by atoms with E-state index in [1.165, 1.54) is 6.08 Å². The van der Waals surface area contributed by atoms with Gasteiger partial charge < -0.3 is 5.32 Å². The van der Waals surface area contributed by atoms with Crippen molar-refractivity contribution in [3.63, 3.8) is 0 Å². The molecule has 3 aromatic rings. The first kappa shape index (κ1) is 16.4. The molecular formula is C19H15ClN2OS. The van der Waals surface area contributed by atoms with E-state index in [-0.39, 0.29) is 5.91 Å². The van der Waals surface area contributed by atoms with Gasteiger partial charge in [-0.25, -0.2) is 0 Å². The van der Waals surface area contributed by atoms with Crippen LogP contribution in [0.5, 0.6) is 0 Å². The molecule has 0 saturated heterocycles. The molecule has 1 aromatic carbocycles. The number of carbonyl (C=O) groups excluding carboxylic acids is 1. The summed E-state index contributed by atoms with van der Waals surface area (Å²) >= 11 is 7.70. The SMILES string of the molecule is O=C(C=Cc1ccccc1Cl)NCc1cccnc1-c1cccs1. The number of pyridine rings is 1. The third-order valence-electron chi connectivity index (χ3n) is 3.42. The molecule has 0 atom stereocenters. The fourth-order valence-electron chi connectivity index (χ4n) is 2.23. The second-order valence-corrected chi connectivity index (χ2v) is 6.42. The number of rotatable bonds is 5. The lowest BCUT2D eigenvalue weighted by Gasteiger charge is -2.07. The quantitative estimate of drug-likeness (QED) is 0.669. The highest BCUT2D eigenvalue weighted by molar-refractivity contribution is 7.13. The summed E-state index contributed by atoms with van der Waals surface area (Å²) in [6, 6.07) is 15.3. The van der Waals surface area contributed by atoms with E-state index in [4.69, 9.17) is 11.6 Å². The van der Waals surface area contributed by atoms with Crippen LogP contribution in [-0.2, 0) is 11.3 Å². The minimum atomic E-state index is -0.170. The zero-order valence-electron chi connectivity index (χ0n) is 12.8. The van der Waals surface area contributed by atoms with Gasteiger partial charge in [0.2, 0.25) is 5.91 Å². The van der Waals surface area contributed by atoms with E-state index in [0.29, 0.717) is 11.6 Å². The van der Waals surface area contributed by atoms with Crippen LogP contribution in [0.15, 0.2) is 66.2 Å². The Bertz CT molecular complexity index is 859. The van der Waals surface area contributed by atoms with Crippen LogP contribution in [0.1, 0.15) is 11.1 Å². The Kier molecular flexibility index (Phi) is 5.41. The predicted molar refractivity (Wildman–Crippen MR) is 99.9 cm³/mol. The Hall–Kier alpha value is -2.43. The van der Waals surface area contributed by atoms with E-state index in [1.807, 2.05) is 47.8 Å². The molecule has 120 valence electrons. The molecule has 0 aliphatic heterocycles. The van der Waals surface area contributed by atoms with Crippen LogP contribution in [0.25, 0.3) is 16.6 Å². The number of nitrogens with zero attached hydrogens (tertiary/aromatic N) is 1. The molecule has 2 heterocycles. The molecule has 24 heavy (non-hydrogen) atoms. The summed E-state index contributed by atoms with van der Waals surface area (Å²) < 4.78 is 0. The number of amides is 1. The van der Waals surface area contributed by atoms with Crippen molar-refractivity contribution < 1.29 is 4.79 Å². The smallest absolute Gasteiger partial charge is 0.244 e. The Balaban J connectivity index is 1.66. The average Bonchev–Trinajstić information content (AvgIpc) is 3.14. The van der Waals surface area contributed by atoms with Crippen molar-refractivity contribution in [1.29, 1.82) is 0 Å². The van der Waals surface area contributed by atoms with Crippen LogP contribution >= 0.6 is 22.9 Å². The van der Waals surface area contributed by atoms with Gasteiger partial charge in [0.05, 0.1) is 10.6 Å². The molecule has 0 bridgehead atoms. The molecule has 0 spiro atoms. The minimum absolute atomic E-state index is 0.170. The fraction of sp³-hybridized carbons (Fsp3) is 0.0526. The summed E-state index contributed by atoms with van der Waals surface area (Å²) in [6.45, 7) is 0.423. The zero-order chi connectivity index (χ0) is 16.8. The number of halogens is 1. The highest BCUT2D eigenvalue weighted by atomic mass is 35.5. The summed E-state index contributed by atoms with van der Waals surface area (Å²) in [5, 5.41) is 5.52. The average molecular weight is 355 g/mol. The van der Waals surface area contributed by atoms with E-state index in [1.54, 1.807) is 29.7 Å². The fourth-order valence-corrected chi connectivity index (χ4v) is 3.19.